The summed E-state index contributed by atoms with van der Waals surface area (Å²) in [6.45, 7) is -1.19. The number of amides is 2. The number of hydrogen-bond acceptors (Lipinski definition) is 3. The molecule has 0 saturated carbocycles. The zero-order valence-electron chi connectivity index (χ0n) is 12.4. The molecule has 0 aromatic heterocycles. The Kier molecular flexibility index (Phi) is 5.84. The van der Waals surface area contributed by atoms with E-state index < -0.39 is 31.0 Å². The SMILES string of the molecule is O=C(NCCCOCC(F)(F)F)NC1c2ccccc2CC1O. The summed E-state index contributed by atoms with van der Waals surface area (Å²) in [7, 11) is 0. The lowest BCUT2D eigenvalue weighted by molar-refractivity contribution is -0.173. The summed E-state index contributed by atoms with van der Waals surface area (Å²) >= 11 is 0. The van der Waals surface area contributed by atoms with Gasteiger partial charge < -0.3 is 20.5 Å². The summed E-state index contributed by atoms with van der Waals surface area (Å²) in [5.74, 6) is 0. The zero-order chi connectivity index (χ0) is 16.9. The number of aliphatic hydroxyl groups is 1. The average Bonchev–Trinajstić information content (AvgIpc) is 2.78. The second-order valence-corrected chi connectivity index (χ2v) is 5.37. The van der Waals surface area contributed by atoms with Crippen LogP contribution < -0.4 is 10.6 Å². The summed E-state index contributed by atoms with van der Waals surface area (Å²) in [5, 5.41) is 15.2. The van der Waals surface area contributed by atoms with Crippen molar-refractivity contribution in [1.29, 1.82) is 0 Å². The van der Waals surface area contributed by atoms with Crippen molar-refractivity contribution in [1.82, 2.24) is 10.6 Å². The second-order valence-electron chi connectivity index (χ2n) is 5.37. The van der Waals surface area contributed by atoms with Gasteiger partial charge in [0.15, 0.2) is 0 Å². The maximum Gasteiger partial charge on any atom is 0.411 e. The highest BCUT2D eigenvalue weighted by Crippen LogP contribution is 2.30. The number of halogens is 3. The van der Waals surface area contributed by atoms with Gasteiger partial charge in [-0.05, 0) is 17.5 Å². The van der Waals surface area contributed by atoms with E-state index in [0.29, 0.717) is 6.42 Å². The highest BCUT2D eigenvalue weighted by Gasteiger charge is 2.31. The Balaban J connectivity index is 1.68. The predicted molar refractivity (Wildman–Crippen MR) is 76.9 cm³/mol. The molecule has 0 spiro atoms. The van der Waals surface area contributed by atoms with Crippen LogP contribution >= 0.6 is 0 Å². The molecule has 1 aromatic rings. The van der Waals surface area contributed by atoms with E-state index in [1.807, 2.05) is 24.3 Å². The number of nitrogens with one attached hydrogen (secondary N) is 2. The van der Waals surface area contributed by atoms with Crippen LogP contribution in [0.4, 0.5) is 18.0 Å². The molecular weight excluding hydrogens is 313 g/mol. The van der Waals surface area contributed by atoms with Gasteiger partial charge in [0, 0.05) is 19.6 Å². The number of rotatable bonds is 6. The molecule has 0 radical (unpaired) electrons. The molecule has 0 bridgehead atoms. The maximum absolute atomic E-state index is 11.8. The molecule has 2 amide bonds. The first-order valence-electron chi connectivity index (χ1n) is 7.31. The Morgan fingerprint density at radius 2 is 2.09 bits per heavy atom. The van der Waals surface area contributed by atoms with E-state index in [0.717, 1.165) is 11.1 Å². The molecule has 1 aliphatic carbocycles. The van der Waals surface area contributed by atoms with Crippen LogP contribution in [0, 0.1) is 0 Å². The van der Waals surface area contributed by atoms with Gasteiger partial charge in [-0.25, -0.2) is 4.79 Å². The van der Waals surface area contributed by atoms with Crippen LogP contribution in [0.1, 0.15) is 23.6 Å². The summed E-state index contributed by atoms with van der Waals surface area (Å²) in [5.41, 5.74) is 1.87. The first-order valence-corrected chi connectivity index (χ1v) is 7.31. The number of aliphatic hydroxyl groups excluding tert-OH is 1. The molecule has 0 heterocycles. The Bertz CT molecular complexity index is 537. The molecule has 0 fully saturated rings. The zero-order valence-corrected chi connectivity index (χ0v) is 12.4. The van der Waals surface area contributed by atoms with E-state index in [-0.39, 0.29) is 19.6 Å². The lowest BCUT2D eigenvalue weighted by Gasteiger charge is -2.18. The van der Waals surface area contributed by atoms with Gasteiger partial charge in [0.25, 0.3) is 0 Å². The van der Waals surface area contributed by atoms with Gasteiger partial charge in [-0.2, -0.15) is 13.2 Å². The van der Waals surface area contributed by atoms with Crippen molar-refractivity contribution in [3.05, 3.63) is 35.4 Å². The lowest BCUT2D eigenvalue weighted by atomic mass is 10.1. The van der Waals surface area contributed by atoms with Crippen LogP contribution in [0.25, 0.3) is 0 Å². The molecule has 1 aromatic carbocycles. The highest BCUT2D eigenvalue weighted by atomic mass is 19.4. The van der Waals surface area contributed by atoms with Gasteiger partial charge in [0.05, 0.1) is 12.1 Å². The molecule has 1 aliphatic rings. The lowest BCUT2D eigenvalue weighted by Crippen LogP contribution is -2.41. The third kappa shape index (κ3) is 5.40. The van der Waals surface area contributed by atoms with Crippen LogP contribution in [-0.2, 0) is 11.2 Å². The largest absolute Gasteiger partial charge is 0.411 e. The van der Waals surface area contributed by atoms with E-state index in [2.05, 4.69) is 15.4 Å². The number of ether oxygens (including phenoxy) is 1. The third-order valence-corrected chi connectivity index (χ3v) is 3.51. The first-order chi connectivity index (χ1) is 10.9. The van der Waals surface area contributed by atoms with E-state index in [9.17, 15) is 23.1 Å². The molecule has 3 N–H and O–H groups in total. The van der Waals surface area contributed by atoms with E-state index >= 15 is 0 Å². The van der Waals surface area contributed by atoms with Gasteiger partial charge in [0.2, 0.25) is 0 Å². The van der Waals surface area contributed by atoms with E-state index in [4.69, 9.17) is 0 Å². The fraction of sp³-hybridized carbons (Fsp3) is 0.533. The van der Waals surface area contributed by atoms with Crippen molar-refractivity contribution in [2.24, 2.45) is 0 Å². The Morgan fingerprint density at radius 3 is 2.83 bits per heavy atom. The topological polar surface area (TPSA) is 70.6 Å². The molecule has 8 heteroatoms. The standard InChI is InChI=1S/C15H19F3N2O3/c16-15(17,18)9-23-7-3-6-19-14(22)20-13-11-5-2-1-4-10(11)8-12(13)21/h1-2,4-5,12-13,21H,3,6-9H2,(H2,19,20,22). The quantitative estimate of drug-likeness (QED) is 0.697. The van der Waals surface area contributed by atoms with Crippen molar-refractivity contribution in [2.75, 3.05) is 19.8 Å². The predicted octanol–water partition coefficient (Wildman–Crippen LogP) is 1.91. The normalized spacial score (nSPS) is 20.2. The van der Waals surface area contributed by atoms with Gasteiger partial charge in [-0.3, -0.25) is 0 Å². The smallest absolute Gasteiger partial charge is 0.390 e. The monoisotopic (exact) mass is 332 g/mol. The summed E-state index contributed by atoms with van der Waals surface area (Å²) in [6.07, 6.45) is -4.27. The fourth-order valence-corrected chi connectivity index (χ4v) is 2.50. The van der Waals surface area contributed by atoms with Crippen molar-refractivity contribution >= 4 is 6.03 Å². The molecule has 2 rings (SSSR count). The summed E-state index contributed by atoms with van der Waals surface area (Å²) in [6, 6.07) is 6.50. The first kappa shape index (κ1) is 17.6. The Morgan fingerprint density at radius 1 is 1.35 bits per heavy atom. The average molecular weight is 332 g/mol. The van der Waals surface area contributed by atoms with Gasteiger partial charge >= 0.3 is 12.2 Å². The van der Waals surface area contributed by atoms with Crippen LogP contribution in [-0.4, -0.2) is 43.2 Å². The second kappa shape index (κ2) is 7.65. The number of benzene rings is 1. The number of carbonyl (C=O) groups excluding carboxylic acids is 1. The van der Waals surface area contributed by atoms with Crippen LogP contribution in [0.15, 0.2) is 24.3 Å². The number of urea groups is 1. The number of carbonyl (C=O) groups is 1. The van der Waals surface area contributed by atoms with Crippen molar-refractivity contribution in [3.63, 3.8) is 0 Å². The van der Waals surface area contributed by atoms with E-state index in [1.54, 1.807) is 0 Å². The molecule has 0 aliphatic heterocycles. The minimum atomic E-state index is -4.34. The molecule has 23 heavy (non-hydrogen) atoms. The fourth-order valence-electron chi connectivity index (χ4n) is 2.50. The maximum atomic E-state index is 11.8. The Labute approximate surface area is 131 Å². The van der Waals surface area contributed by atoms with Gasteiger partial charge in [-0.15, -0.1) is 0 Å². The Hall–Kier alpha value is -1.80. The van der Waals surface area contributed by atoms with Crippen molar-refractivity contribution < 1.29 is 27.8 Å². The summed E-state index contributed by atoms with van der Waals surface area (Å²) < 4.78 is 40.0. The van der Waals surface area contributed by atoms with Crippen molar-refractivity contribution in [3.8, 4) is 0 Å². The summed E-state index contributed by atoms with van der Waals surface area (Å²) in [4.78, 5) is 11.8. The number of alkyl halides is 3. The highest BCUT2D eigenvalue weighted by molar-refractivity contribution is 5.74. The van der Waals surface area contributed by atoms with E-state index in [1.165, 1.54) is 0 Å². The molecular formula is C15H19F3N2O3. The van der Waals surface area contributed by atoms with Gasteiger partial charge in [0.1, 0.15) is 6.61 Å². The van der Waals surface area contributed by atoms with Crippen LogP contribution in [0.2, 0.25) is 0 Å². The molecule has 2 atom stereocenters. The van der Waals surface area contributed by atoms with Gasteiger partial charge in [-0.1, -0.05) is 24.3 Å². The molecule has 0 saturated heterocycles. The minimum absolute atomic E-state index is 0.0886. The number of hydrogen-bond donors (Lipinski definition) is 3. The van der Waals surface area contributed by atoms with Crippen LogP contribution in [0.5, 0.6) is 0 Å². The number of fused-ring (bicyclic) bond motifs is 1. The molecule has 128 valence electrons. The minimum Gasteiger partial charge on any atom is -0.390 e. The third-order valence-electron chi connectivity index (χ3n) is 3.51. The van der Waals surface area contributed by atoms with Crippen molar-refractivity contribution in [2.45, 2.75) is 31.2 Å². The van der Waals surface area contributed by atoms with Crippen LogP contribution in [0.3, 0.4) is 0 Å². The molecule has 5 nitrogen and oxygen atoms in total. The molecule has 2 unspecified atom stereocenters.